The van der Waals surface area contributed by atoms with Crippen LogP contribution < -0.4 is 0 Å². The van der Waals surface area contributed by atoms with Crippen molar-refractivity contribution in [3.63, 3.8) is 0 Å². The first kappa shape index (κ1) is 13.1. The van der Waals surface area contributed by atoms with Crippen LogP contribution in [0.5, 0.6) is 0 Å². The van der Waals surface area contributed by atoms with Gasteiger partial charge in [0.25, 0.3) is 0 Å². The Morgan fingerprint density at radius 1 is 1.17 bits per heavy atom. The Morgan fingerprint density at radius 3 is 2.56 bits per heavy atom. The Labute approximate surface area is 120 Å². The molecule has 0 unspecified atom stereocenters. The summed E-state index contributed by atoms with van der Waals surface area (Å²) in [5.74, 6) is -0.275. The predicted molar refractivity (Wildman–Crippen MR) is 79.5 cm³/mol. The fourth-order valence-electron chi connectivity index (χ4n) is 1.59. The first-order valence-electron chi connectivity index (χ1n) is 5.64. The molecule has 2 nitrogen and oxygen atoms in total. The van der Waals surface area contributed by atoms with Crippen LogP contribution in [0.25, 0.3) is 0 Å². The van der Waals surface area contributed by atoms with Gasteiger partial charge in [0, 0.05) is 3.57 Å². The van der Waals surface area contributed by atoms with E-state index in [0.29, 0.717) is 12.2 Å². The molecule has 18 heavy (non-hydrogen) atoms. The van der Waals surface area contributed by atoms with E-state index in [0.717, 1.165) is 14.7 Å². The van der Waals surface area contributed by atoms with Crippen molar-refractivity contribution in [2.24, 2.45) is 0 Å². The third kappa shape index (κ3) is 3.32. The Hall–Kier alpha value is -1.36. The largest absolute Gasteiger partial charge is 0.457 e. The van der Waals surface area contributed by atoms with E-state index in [9.17, 15) is 4.79 Å². The van der Waals surface area contributed by atoms with E-state index in [1.165, 1.54) is 0 Å². The van der Waals surface area contributed by atoms with Gasteiger partial charge in [-0.2, -0.15) is 0 Å². The van der Waals surface area contributed by atoms with Crippen LogP contribution in [0, 0.1) is 10.5 Å². The van der Waals surface area contributed by atoms with Crippen LogP contribution in [0.1, 0.15) is 21.5 Å². The molecule has 3 heteroatoms. The lowest BCUT2D eigenvalue weighted by Gasteiger charge is -2.07. The molecule has 0 aliphatic carbocycles. The van der Waals surface area contributed by atoms with E-state index < -0.39 is 0 Å². The number of carbonyl (C=O) groups is 1. The van der Waals surface area contributed by atoms with E-state index in [2.05, 4.69) is 22.6 Å². The van der Waals surface area contributed by atoms with Gasteiger partial charge >= 0.3 is 5.97 Å². The van der Waals surface area contributed by atoms with Gasteiger partial charge in [0.05, 0.1) is 5.56 Å². The zero-order valence-electron chi connectivity index (χ0n) is 10.0. The zero-order chi connectivity index (χ0) is 13.0. The smallest absolute Gasteiger partial charge is 0.339 e. The Balaban J connectivity index is 2.04. The quantitative estimate of drug-likeness (QED) is 0.618. The molecule has 0 saturated carbocycles. The topological polar surface area (TPSA) is 26.3 Å². The van der Waals surface area contributed by atoms with Crippen molar-refractivity contribution in [3.05, 3.63) is 68.8 Å². The number of rotatable bonds is 3. The van der Waals surface area contributed by atoms with Crippen molar-refractivity contribution in [1.82, 2.24) is 0 Å². The number of ether oxygens (including phenoxy) is 1. The molecule has 0 N–H and O–H groups in total. The van der Waals surface area contributed by atoms with Gasteiger partial charge in [-0.15, -0.1) is 0 Å². The SMILES string of the molecule is Cc1ccc(C(=O)OCc2ccccc2)c(I)c1. The molecule has 0 bridgehead atoms. The fourth-order valence-corrected chi connectivity index (χ4v) is 2.48. The summed E-state index contributed by atoms with van der Waals surface area (Å²) >= 11 is 2.15. The molecule has 0 aliphatic rings. The van der Waals surface area contributed by atoms with E-state index in [-0.39, 0.29) is 5.97 Å². The van der Waals surface area contributed by atoms with Crippen LogP contribution in [0.3, 0.4) is 0 Å². The van der Waals surface area contributed by atoms with Crippen molar-refractivity contribution in [1.29, 1.82) is 0 Å². The minimum absolute atomic E-state index is 0.275. The molecule has 0 amide bonds. The van der Waals surface area contributed by atoms with E-state index >= 15 is 0 Å². The average Bonchev–Trinajstić information content (AvgIpc) is 2.37. The molecule has 92 valence electrons. The molecule has 0 spiro atoms. The highest BCUT2D eigenvalue weighted by Crippen LogP contribution is 2.16. The minimum atomic E-state index is -0.275. The van der Waals surface area contributed by atoms with Gasteiger partial charge < -0.3 is 4.74 Å². The van der Waals surface area contributed by atoms with E-state index in [4.69, 9.17) is 4.74 Å². The second-order valence-corrected chi connectivity index (χ2v) is 5.21. The summed E-state index contributed by atoms with van der Waals surface area (Å²) in [4.78, 5) is 11.9. The summed E-state index contributed by atoms with van der Waals surface area (Å²) in [6, 6.07) is 15.4. The van der Waals surface area contributed by atoms with Crippen LogP contribution >= 0.6 is 22.6 Å². The molecule has 0 heterocycles. The van der Waals surface area contributed by atoms with Crippen molar-refractivity contribution in [3.8, 4) is 0 Å². The second-order valence-electron chi connectivity index (χ2n) is 4.05. The Morgan fingerprint density at radius 2 is 1.89 bits per heavy atom. The van der Waals surface area contributed by atoms with Gasteiger partial charge in [-0.25, -0.2) is 4.79 Å². The average molecular weight is 352 g/mol. The zero-order valence-corrected chi connectivity index (χ0v) is 12.2. The van der Waals surface area contributed by atoms with Gasteiger partial charge in [-0.05, 0) is 47.2 Å². The molecular formula is C15H13IO2. The number of carbonyl (C=O) groups excluding carboxylic acids is 1. The monoisotopic (exact) mass is 352 g/mol. The number of esters is 1. The first-order chi connectivity index (χ1) is 8.66. The summed E-state index contributed by atoms with van der Waals surface area (Å²) in [5, 5.41) is 0. The lowest BCUT2D eigenvalue weighted by molar-refractivity contribution is 0.0471. The molecular weight excluding hydrogens is 339 g/mol. The summed E-state index contributed by atoms with van der Waals surface area (Å²) < 4.78 is 6.21. The third-order valence-electron chi connectivity index (χ3n) is 2.56. The maximum absolute atomic E-state index is 11.9. The molecule has 0 aromatic heterocycles. The predicted octanol–water partition coefficient (Wildman–Crippen LogP) is 3.96. The van der Waals surface area contributed by atoms with Crippen LogP contribution in [0.4, 0.5) is 0 Å². The summed E-state index contributed by atoms with van der Waals surface area (Å²) in [6.45, 7) is 2.31. The maximum atomic E-state index is 11.9. The number of hydrogen-bond acceptors (Lipinski definition) is 2. The van der Waals surface area contributed by atoms with E-state index in [1.807, 2.05) is 55.5 Å². The summed E-state index contributed by atoms with van der Waals surface area (Å²) in [7, 11) is 0. The van der Waals surface area contributed by atoms with Gasteiger partial charge in [-0.1, -0.05) is 42.0 Å². The number of aryl methyl sites for hydroxylation is 1. The maximum Gasteiger partial charge on any atom is 0.339 e. The molecule has 0 radical (unpaired) electrons. The first-order valence-corrected chi connectivity index (χ1v) is 6.72. The molecule has 0 fully saturated rings. The molecule has 2 rings (SSSR count). The van der Waals surface area contributed by atoms with Gasteiger partial charge in [-0.3, -0.25) is 0 Å². The van der Waals surface area contributed by atoms with Gasteiger partial charge in [0.1, 0.15) is 6.61 Å². The molecule has 0 saturated heterocycles. The van der Waals surface area contributed by atoms with Crippen LogP contribution in [0.2, 0.25) is 0 Å². The second kappa shape index (κ2) is 6.00. The minimum Gasteiger partial charge on any atom is -0.457 e. The van der Waals surface area contributed by atoms with Crippen molar-refractivity contribution in [2.75, 3.05) is 0 Å². The van der Waals surface area contributed by atoms with Crippen LogP contribution in [-0.4, -0.2) is 5.97 Å². The highest BCUT2D eigenvalue weighted by molar-refractivity contribution is 14.1. The highest BCUT2D eigenvalue weighted by Gasteiger charge is 2.11. The van der Waals surface area contributed by atoms with Crippen molar-refractivity contribution >= 4 is 28.6 Å². The standard InChI is InChI=1S/C15H13IO2/c1-11-7-8-13(14(16)9-11)15(17)18-10-12-5-3-2-4-6-12/h2-9H,10H2,1H3. The third-order valence-corrected chi connectivity index (χ3v) is 3.45. The lowest BCUT2D eigenvalue weighted by Crippen LogP contribution is -2.07. The molecule has 2 aromatic carbocycles. The highest BCUT2D eigenvalue weighted by atomic mass is 127. The fraction of sp³-hybridized carbons (Fsp3) is 0.133. The normalized spacial score (nSPS) is 10.1. The molecule has 2 aromatic rings. The Bertz CT molecular complexity index is 550. The Kier molecular flexibility index (Phi) is 4.36. The summed E-state index contributed by atoms with van der Waals surface area (Å²) in [5.41, 5.74) is 2.75. The lowest BCUT2D eigenvalue weighted by atomic mass is 10.1. The van der Waals surface area contributed by atoms with Crippen LogP contribution in [0.15, 0.2) is 48.5 Å². The molecule has 0 aliphatic heterocycles. The van der Waals surface area contributed by atoms with Gasteiger partial charge in [0.15, 0.2) is 0 Å². The van der Waals surface area contributed by atoms with Gasteiger partial charge in [0.2, 0.25) is 0 Å². The summed E-state index contributed by atoms with van der Waals surface area (Å²) in [6.07, 6.45) is 0. The van der Waals surface area contributed by atoms with E-state index in [1.54, 1.807) is 0 Å². The van der Waals surface area contributed by atoms with Crippen LogP contribution in [-0.2, 0) is 11.3 Å². The number of hydrogen-bond donors (Lipinski definition) is 0. The molecule has 0 atom stereocenters. The number of benzene rings is 2. The van der Waals surface area contributed by atoms with Crippen molar-refractivity contribution < 1.29 is 9.53 Å². The number of halogens is 1. The van der Waals surface area contributed by atoms with Crippen molar-refractivity contribution in [2.45, 2.75) is 13.5 Å².